The van der Waals surface area contributed by atoms with Gasteiger partial charge in [0.25, 0.3) is 0 Å². The Morgan fingerprint density at radius 1 is 0.568 bits per heavy atom. The molecule has 0 saturated carbocycles. The van der Waals surface area contributed by atoms with Gasteiger partial charge in [0, 0.05) is 36.3 Å². The molecule has 3 rings (SSSR count). The van der Waals surface area contributed by atoms with Gasteiger partial charge in [0.15, 0.2) is 0 Å². The van der Waals surface area contributed by atoms with Crippen LogP contribution >= 0.6 is 0 Å². The van der Waals surface area contributed by atoms with Gasteiger partial charge < -0.3 is 20.8 Å². The van der Waals surface area contributed by atoms with E-state index in [4.69, 9.17) is 0 Å². The van der Waals surface area contributed by atoms with Gasteiger partial charge in [-0.05, 0) is 107 Å². The van der Waals surface area contributed by atoms with Crippen molar-refractivity contribution in [1.29, 1.82) is 0 Å². The van der Waals surface area contributed by atoms with Crippen LogP contribution in [0.15, 0.2) is 24.3 Å². The molecule has 4 nitrogen and oxygen atoms in total. The zero-order chi connectivity index (χ0) is 33.4. The molecule has 4 bridgehead atoms. The van der Waals surface area contributed by atoms with Crippen molar-refractivity contribution < 1.29 is 10.2 Å². The number of fused-ring (bicyclic) bond motifs is 4. The van der Waals surface area contributed by atoms with Gasteiger partial charge in [-0.2, -0.15) is 0 Å². The maximum atomic E-state index is 11.7. The maximum absolute atomic E-state index is 11.7. The molecule has 0 radical (unpaired) electrons. The summed E-state index contributed by atoms with van der Waals surface area (Å²) in [5.41, 5.74) is 6.79. The lowest BCUT2D eigenvalue weighted by molar-refractivity contribution is 0.280. The highest BCUT2D eigenvalue weighted by Crippen LogP contribution is 2.43. The summed E-state index contributed by atoms with van der Waals surface area (Å²) in [6.07, 6.45) is 4.07. The molecule has 4 unspecified atom stereocenters. The molecule has 0 spiro atoms. The van der Waals surface area contributed by atoms with Crippen LogP contribution in [-0.4, -0.2) is 23.3 Å². The van der Waals surface area contributed by atoms with Crippen LogP contribution in [0.2, 0.25) is 0 Å². The third-order valence-electron chi connectivity index (χ3n) is 10.3. The molecule has 0 fully saturated rings. The molecule has 2 aromatic carbocycles. The van der Waals surface area contributed by atoms with Gasteiger partial charge in [0.1, 0.15) is 11.5 Å². The second kappa shape index (κ2) is 13.4. The number of benzene rings is 2. The first-order valence-corrected chi connectivity index (χ1v) is 17.2. The number of aromatic hydroxyl groups is 2. The largest absolute Gasteiger partial charge is 0.507 e. The van der Waals surface area contributed by atoms with Crippen LogP contribution in [0.25, 0.3) is 0 Å². The molecule has 2 aromatic rings. The zero-order valence-electron chi connectivity index (χ0n) is 30.8. The van der Waals surface area contributed by atoms with Crippen LogP contribution in [0.4, 0.5) is 0 Å². The fourth-order valence-electron chi connectivity index (χ4n) is 6.42. The van der Waals surface area contributed by atoms with Gasteiger partial charge in [-0.1, -0.05) is 95.2 Å². The van der Waals surface area contributed by atoms with Gasteiger partial charge >= 0.3 is 0 Å². The first-order chi connectivity index (χ1) is 20.0. The van der Waals surface area contributed by atoms with E-state index in [0.29, 0.717) is 11.5 Å². The van der Waals surface area contributed by atoms with Gasteiger partial charge in [0.2, 0.25) is 0 Å². The molecule has 248 valence electrons. The summed E-state index contributed by atoms with van der Waals surface area (Å²) in [4.78, 5) is 0. The Morgan fingerprint density at radius 3 is 1.18 bits per heavy atom. The molecular weight excluding hydrogens is 540 g/mol. The average Bonchev–Trinajstić information content (AvgIpc) is 2.90. The van der Waals surface area contributed by atoms with Crippen molar-refractivity contribution in [3.8, 4) is 11.5 Å². The average molecular weight is 607 g/mol. The number of rotatable bonds is 0. The molecule has 1 aliphatic rings. The van der Waals surface area contributed by atoms with Gasteiger partial charge in [-0.15, -0.1) is 0 Å². The summed E-state index contributed by atoms with van der Waals surface area (Å²) in [5, 5.41) is 30.9. The first-order valence-electron chi connectivity index (χ1n) is 17.2. The standard InChI is InChI=1S/C40H66N2O2/c1-25-15-17-39(11,12)23-41-27(3)33-21-30(38(8,9)10)22-34(36(33)44)28(4)42-24-40(13,14)18-16-26(2)32-20-29(37(5,6)7)19-31(25)35(32)43/h19-22,25-28,41-44H,15-18,23-24H2,1-14H3. The Balaban J connectivity index is 2.06. The second-order valence-corrected chi connectivity index (χ2v) is 17.9. The number of nitrogens with one attached hydrogen (secondary N) is 2. The normalized spacial score (nSPS) is 25.8. The van der Waals surface area contributed by atoms with Crippen LogP contribution in [0, 0.1) is 10.8 Å². The van der Waals surface area contributed by atoms with Gasteiger partial charge in [0.05, 0.1) is 0 Å². The predicted molar refractivity (Wildman–Crippen MR) is 189 cm³/mol. The minimum Gasteiger partial charge on any atom is -0.507 e. The van der Waals surface area contributed by atoms with E-state index in [0.717, 1.165) is 61.0 Å². The SMILES string of the molecule is CC1CCC(C)(C)CNC(C)c2cc(C(C)(C)C)cc(c2O)C(C)NCC(C)(C)CCC(C)c2cc(C(C)(C)C)cc1c2O. The fraction of sp³-hybridized carbons (Fsp3) is 0.700. The van der Waals surface area contributed by atoms with Crippen LogP contribution in [0.3, 0.4) is 0 Å². The highest BCUT2D eigenvalue weighted by molar-refractivity contribution is 5.50. The van der Waals surface area contributed by atoms with Crippen LogP contribution in [-0.2, 0) is 10.8 Å². The molecule has 4 heteroatoms. The Hall–Kier alpha value is -2.04. The van der Waals surface area contributed by atoms with Crippen molar-refractivity contribution in [3.63, 3.8) is 0 Å². The van der Waals surface area contributed by atoms with Crippen molar-refractivity contribution in [2.45, 2.75) is 157 Å². The maximum Gasteiger partial charge on any atom is 0.125 e. The van der Waals surface area contributed by atoms with Crippen molar-refractivity contribution in [2.24, 2.45) is 10.8 Å². The first kappa shape index (κ1) is 36.4. The molecule has 1 heterocycles. The van der Waals surface area contributed by atoms with Gasteiger partial charge in [-0.3, -0.25) is 0 Å². The van der Waals surface area contributed by atoms with Gasteiger partial charge in [-0.25, -0.2) is 0 Å². The van der Waals surface area contributed by atoms with E-state index in [1.165, 1.54) is 11.1 Å². The highest BCUT2D eigenvalue weighted by Gasteiger charge is 2.29. The summed E-state index contributed by atoms with van der Waals surface area (Å²) >= 11 is 0. The van der Waals surface area contributed by atoms with E-state index < -0.39 is 0 Å². The minimum atomic E-state index is -0.0243. The van der Waals surface area contributed by atoms with E-state index in [-0.39, 0.29) is 45.6 Å². The quantitative estimate of drug-likeness (QED) is 0.241. The van der Waals surface area contributed by atoms with Crippen LogP contribution in [0.1, 0.15) is 180 Å². The molecule has 4 atom stereocenters. The Bertz CT molecular complexity index is 1100. The summed E-state index contributed by atoms with van der Waals surface area (Å²) in [6, 6.07) is 8.98. The number of hydrogen-bond acceptors (Lipinski definition) is 4. The van der Waals surface area contributed by atoms with Crippen LogP contribution in [0.5, 0.6) is 11.5 Å². The van der Waals surface area contributed by atoms with Crippen LogP contribution < -0.4 is 10.6 Å². The van der Waals surface area contributed by atoms with E-state index in [1.54, 1.807) is 0 Å². The number of phenols is 2. The molecule has 4 N–H and O–H groups in total. The van der Waals surface area contributed by atoms with E-state index >= 15 is 0 Å². The smallest absolute Gasteiger partial charge is 0.125 e. The fourth-order valence-corrected chi connectivity index (χ4v) is 6.42. The van der Waals surface area contributed by atoms with Crippen molar-refractivity contribution in [3.05, 3.63) is 57.6 Å². The van der Waals surface area contributed by atoms with E-state index in [9.17, 15) is 10.2 Å². The lowest BCUT2D eigenvalue weighted by Crippen LogP contribution is -2.33. The van der Waals surface area contributed by atoms with E-state index in [1.807, 2.05) is 0 Å². The summed E-state index contributed by atoms with van der Waals surface area (Å²) < 4.78 is 0. The monoisotopic (exact) mass is 607 g/mol. The summed E-state index contributed by atoms with van der Waals surface area (Å²) in [6.45, 7) is 33.5. The molecular formula is C40H66N2O2. The summed E-state index contributed by atoms with van der Waals surface area (Å²) in [5.74, 6) is 1.42. The highest BCUT2D eigenvalue weighted by atomic mass is 16.3. The third kappa shape index (κ3) is 9.03. The van der Waals surface area contributed by atoms with Crippen molar-refractivity contribution in [1.82, 2.24) is 10.6 Å². The lowest BCUT2D eigenvalue weighted by atomic mass is 9.77. The third-order valence-corrected chi connectivity index (χ3v) is 10.3. The van der Waals surface area contributed by atoms with E-state index in [2.05, 4.69) is 132 Å². The van der Waals surface area contributed by atoms with Crippen molar-refractivity contribution in [2.75, 3.05) is 13.1 Å². The predicted octanol–water partition coefficient (Wildman–Crippen LogP) is 10.5. The number of hydrogen-bond donors (Lipinski definition) is 4. The molecule has 1 aliphatic heterocycles. The second-order valence-electron chi connectivity index (χ2n) is 17.9. The lowest BCUT2D eigenvalue weighted by Gasteiger charge is -2.33. The Kier molecular flexibility index (Phi) is 11.1. The molecule has 44 heavy (non-hydrogen) atoms. The Labute approximate surface area is 270 Å². The minimum absolute atomic E-state index is 0.0113. The summed E-state index contributed by atoms with van der Waals surface area (Å²) in [7, 11) is 0. The molecule has 0 aromatic heterocycles. The molecule has 0 amide bonds. The zero-order valence-corrected chi connectivity index (χ0v) is 30.8. The topological polar surface area (TPSA) is 64.5 Å². The Morgan fingerprint density at radius 2 is 0.864 bits per heavy atom. The van der Waals surface area contributed by atoms with Crippen molar-refractivity contribution >= 4 is 0 Å². The number of phenolic OH excluding ortho intramolecular Hbond substituents is 2. The molecule has 0 aliphatic carbocycles. The molecule has 0 saturated heterocycles.